The molecule has 1 aliphatic heterocycles. The second kappa shape index (κ2) is 5.95. The number of rotatable bonds is 3. The van der Waals surface area contributed by atoms with Crippen LogP contribution in [0.3, 0.4) is 0 Å². The zero-order chi connectivity index (χ0) is 16.5. The van der Waals surface area contributed by atoms with Crippen molar-refractivity contribution in [3.63, 3.8) is 0 Å². The van der Waals surface area contributed by atoms with Crippen molar-refractivity contribution in [1.82, 2.24) is 20.2 Å². The summed E-state index contributed by atoms with van der Waals surface area (Å²) in [4.78, 5) is 21.3. The molecule has 3 N–H and O–H groups in total. The zero-order valence-corrected chi connectivity index (χ0v) is 12.9. The topological polar surface area (TPSA) is 89.7 Å². The van der Waals surface area contributed by atoms with E-state index < -0.39 is 0 Å². The van der Waals surface area contributed by atoms with E-state index in [4.69, 9.17) is 0 Å². The molecular weight excluding hydrogens is 311 g/mol. The van der Waals surface area contributed by atoms with E-state index in [9.17, 15) is 9.18 Å². The van der Waals surface area contributed by atoms with Gasteiger partial charge in [-0.3, -0.25) is 14.9 Å². The normalized spacial score (nSPS) is 15.8. The third-order valence-corrected chi connectivity index (χ3v) is 4.32. The van der Waals surface area contributed by atoms with E-state index in [1.165, 1.54) is 18.3 Å². The third kappa shape index (κ3) is 2.82. The quantitative estimate of drug-likeness (QED) is 0.683. The molecule has 0 atom stereocenters. The van der Waals surface area contributed by atoms with Gasteiger partial charge >= 0.3 is 0 Å². The van der Waals surface area contributed by atoms with E-state index in [0.717, 1.165) is 31.6 Å². The Bertz CT molecular complexity index is 895. The molecule has 0 amide bonds. The summed E-state index contributed by atoms with van der Waals surface area (Å²) in [7, 11) is 0. The fraction of sp³-hybridized carbons (Fsp3) is 0.312. The number of aromatic amines is 2. The van der Waals surface area contributed by atoms with Crippen LogP contribution in [-0.4, -0.2) is 39.3 Å². The highest BCUT2D eigenvalue weighted by Gasteiger charge is 2.21. The first-order valence-electron chi connectivity index (χ1n) is 7.89. The van der Waals surface area contributed by atoms with Gasteiger partial charge in [-0.25, -0.2) is 4.39 Å². The zero-order valence-electron chi connectivity index (χ0n) is 12.9. The first kappa shape index (κ1) is 14.7. The largest absolute Gasteiger partial charge is 0.382 e. The van der Waals surface area contributed by atoms with E-state index in [2.05, 4.69) is 30.4 Å². The van der Waals surface area contributed by atoms with Crippen LogP contribution in [-0.2, 0) is 0 Å². The average molecular weight is 328 g/mol. The van der Waals surface area contributed by atoms with Gasteiger partial charge in [0, 0.05) is 24.8 Å². The van der Waals surface area contributed by atoms with Crippen LogP contribution in [0.5, 0.6) is 0 Å². The highest BCUT2D eigenvalue weighted by Crippen LogP contribution is 2.20. The number of hydrogen-bond donors (Lipinski definition) is 3. The van der Waals surface area contributed by atoms with Crippen LogP contribution in [0.2, 0.25) is 0 Å². The van der Waals surface area contributed by atoms with Crippen molar-refractivity contribution >= 4 is 22.7 Å². The molecule has 2 aromatic heterocycles. The monoisotopic (exact) mass is 328 g/mol. The van der Waals surface area contributed by atoms with Gasteiger partial charge in [-0.05, 0) is 37.1 Å². The summed E-state index contributed by atoms with van der Waals surface area (Å²) in [5.41, 5.74) is 1.23. The van der Waals surface area contributed by atoms with Gasteiger partial charge in [0.05, 0.1) is 6.20 Å². The molecule has 4 rings (SSSR count). The lowest BCUT2D eigenvalue weighted by molar-refractivity contribution is 0.520. The lowest BCUT2D eigenvalue weighted by Crippen LogP contribution is -2.40. The summed E-state index contributed by atoms with van der Waals surface area (Å²) in [6.45, 7) is 1.56. The van der Waals surface area contributed by atoms with Crippen molar-refractivity contribution in [1.29, 1.82) is 0 Å². The van der Waals surface area contributed by atoms with E-state index >= 15 is 0 Å². The van der Waals surface area contributed by atoms with Crippen LogP contribution in [0.15, 0.2) is 35.3 Å². The van der Waals surface area contributed by atoms with Crippen LogP contribution in [0.1, 0.15) is 12.8 Å². The van der Waals surface area contributed by atoms with Gasteiger partial charge < -0.3 is 10.2 Å². The number of piperidine rings is 1. The van der Waals surface area contributed by atoms with Gasteiger partial charge in [0.1, 0.15) is 11.2 Å². The number of benzene rings is 1. The van der Waals surface area contributed by atoms with Crippen LogP contribution in [0.25, 0.3) is 11.0 Å². The average Bonchev–Trinajstić information content (AvgIpc) is 3.07. The van der Waals surface area contributed by atoms with Gasteiger partial charge in [0.2, 0.25) is 5.95 Å². The lowest BCUT2D eigenvalue weighted by Gasteiger charge is -2.33. The summed E-state index contributed by atoms with van der Waals surface area (Å²) < 4.78 is 12.9. The summed E-state index contributed by atoms with van der Waals surface area (Å²) in [5.74, 6) is 0.330. The fourth-order valence-corrected chi connectivity index (χ4v) is 3.00. The number of H-pyrrole nitrogens is 2. The molecule has 8 heteroatoms. The first-order valence-corrected chi connectivity index (χ1v) is 7.89. The number of nitrogens with one attached hydrogen (secondary N) is 3. The second-order valence-electron chi connectivity index (χ2n) is 5.93. The van der Waals surface area contributed by atoms with Gasteiger partial charge in [0.25, 0.3) is 5.56 Å². The number of nitrogens with zero attached hydrogens (tertiary/aromatic N) is 3. The maximum atomic E-state index is 12.9. The van der Waals surface area contributed by atoms with Crippen molar-refractivity contribution in [2.45, 2.75) is 18.9 Å². The Morgan fingerprint density at radius 1 is 1.21 bits per heavy atom. The highest BCUT2D eigenvalue weighted by atomic mass is 19.1. The molecule has 7 nitrogen and oxygen atoms in total. The predicted octanol–water partition coefficient (Wildman–Crippen LogP) is 1.87. The molecule has 0 aliphatic carbocycles. The summed E-state index contributed by atoms with van der Waals surface area (Å²) in [5, 5.41) is 10.5. The van der Waals surface area contributed by atoms with Crippen molar-refractivity contribution in [3.05, 3.63) is 46.6 Å². The molecule has 0 spiro atoms. The van der Waals surface area contributed by atoms with Crippen molar-refractivity contribution in [2.24, 2.45) is 0 Å². The number of fused-ring (bicyclic) bond motifs is 1. The molecule has 1 aromatic carbocycles. The SMILES string of the molecule is O=c1[nH]c(N2CCC(Nc3ccc(F)cc3)CC2)nc2[nH]ncc12. The molecule has 1 aliphatic rings. The van der Waals surface area contributed by atoms with E-state index in [1.807, 2.05) is 0 Å². The molecule has 0 saturated carbocycles. The molecular formula is C16H17FN6O. The van der Waals surface area contributed by atoms with Crippen molar-refractivity contribution in [2.75, 3.05) is 23.3 Å². The number of aromatic nitrogens is 4. The summed E-state index contributed by atoms with van der Waals surface area (Å²) >= 11 is 0. The number of anilines is 2. The van der Waals surface area contributed by atoms with Crippen LogP contribution < -0.4 is 15.8 Å². The Morgan fingerprint density at radius 2 is 1.96 bits per heavy atom. The van der Waals surface area contributed by atoms with Gasteiger partial charge in [0.15, 0.2) is 5.65 Å². The number of halogens is 1. The minimum absolute atomic E-state index is 0.185. The molecule has 1 fully saturated rings. The Kier molecular flexibility index (Phi) is 3.64. The maximum absolute atomic E-state index is 12.9. The van der Waals surface area contributed by atoms with Crippen LogP contribution in [0, 0.1) is 5.82 Å². The molecule has 3 heterocycles. The van der Waals surface area contributed by atoms with E-state index in [1.54, 1.807) is 12.1 Å². The molecule has 0 bridgehead atoms. The Labute approximate surface area is 136 Å². The van der Waals surface area contributed by atoms with Crippen molar-refractivity contribution < 1.29 is 4.39 Å². The van der Waals surface area contributed by atoms with E-state index in [0.29, 0.717) is 23.0 Å². The second-order valence-corrected chi connectivity index (χ2v) is 5.93. The summed E-state index contributed by atoms with van der Waals surface area (Å²) in [6.07, 6.45) is 3.29. The lowest BCUT2D eigenvalue weighted by atomic mass is 10.0. The number of hydrogen-bond acceptors (Lipinski definition) is 5. The predicted molar refractivity (Wildman–Crippen MR) is 89.8 cm³/mol. The third-order valence-electron chi connectivity index (χ3n) is 4.32. The molecule has 124 valence electrons. The van der Waals surface area contributed by atoms with E-state index in [-0.39, 0.29) is 11.4 Å². The standard InChI is InChI=1S/C16H17FN6O/c17-10-1-3-11(4-2-10)19-12-5-7-23(8-6-12)16-20-14-13(9-18-22-14)15(24)21-16/h1-4,9,12,19H,5-8H2,(H2,18,20,21,22,24). The van der Waals surface area contributed by atoms with Gasteiger partial charge in [-0.2, -0.15) is 10.1 Å². The van der Waals surface area contributed by atoms with Crippen LogP contribution in [0.4, 0.5) is 16.0 Å². The smallest absolute Gasteiger partial charge is 0.263 e. The van der Waals surface area contributed by atoms with Gasteiger partial charge in [-0.1, -0.05) is 0 Å². The minimum atomic E-state index is -0.236. The van der Waals surface area contributed by atoms with Crippen LogP contribution >= 0.6 is 0 Å². The molecule has 1 saturated heterocycles. The Balaban J connectivity index is 1.43. The minimum Gasteiger partial charge on any atom is -0.382 e. The Hall–Kier alpha value is -2.90. The molecule has 3 aromatic rings. The molecule has 24 heavy (non-hydrogen) atoms. The van der Waals surface area contributed by atoms with Gasteiger partial charge in [-0.15, -0.1) is 0 Å². The van der Waals surface area contributed by atoms with Crippen molar-refractivity contribution in [3.8, 4) is 0 Å². The molecule has 0 unspecified atom stereocenters. The fourth-order valence-electron chi connectivity index (χ4n) is 3.00. The highest BCUT2D eigenvalue weighted by molar-refractivity contribution is 5.73. The molecule has 0 radical (unpaired) electrons. The summed E-state index contributed by atoms with van der Waals surface area (Å²) in [6, 6.07) is 6.70. The maximum Gasteiger partial charge on any atom is 0.263 e. The Morgan fingerprint density at radius 3 is 2.71 bits per heavy atom. The first-order chi connectivity index (χ1) is 11.7.